The molecule has 0 atom stereocenters. The minimum atomic E-state index is -0.193. The van der Waals surface area contributed by atoms with E-state index in [4.69, 9.17) is 9.72 Å². The van der Waals surface area contributed by atoms with Crippen LogP contribution < -0.4 is 4.74 Å². The summed E-state index contributed by atoms with van der Waals surface area (Å²) in [4.78, 5) is 9.15. The summed E-state index contributed by atoms with van der Waals surface area (Å²) >= 11 is 2.50. The number of ether oxygens (including phenoxy) is 1. The van der Waals surface area contributed by atoms with E-state index in [1.165, 1.54) is 0 Å². The van der Waals surface area contributed by atoms with Crippen molar-refractivity contribution in [2.75, 3.05) is 0 Å². The molecule has 7 heteroatoms. The molecule has 0 aliphatic rings. The number of para-hydroxylation sites is 4. The van der Waals surface area contributed by atoms with Crippen LogP contribution in [0.2, 0.25) is 0 Å². The van der Waals surface area contributed by atoms with E-state index in [1.54, 1.807) is 12.4 Å². The molecule has 6 nitrogen and oxygen atoms in total. The van der Waals surface area contributed by atoms with E-state index in [0.717, 1.165) is 92.8 Å². The van der Waals surface area contributed by atoms with Gasteiger partial charge in [-0.25, -0.2) is 0 Å². The van der Waals surface area contributed by atoms with E-state index < -0.39 is 0 Å². The monoisotopic (exact) mass is 1010 g/mol. The van der Waals surface area contributed by atoms with Crippen LogP contribution in [-0.4, -0.2) is 23.7 Å². The van der Waals surface area contributed by atoms with Crippen molar-refractivity contribution in [2.45, 2.75) is 26.2 Å². The summed E-state index contributed by atoms with van der Waals surface area (Å²) in [6.07, 6.45) is 5.52. The van der Waals surface area contributed by atoms with Crippen molar-refractivity contribution in [3.8, 4) is 62.1 Å². The van der Waals surface area contributed by atoms with Crippen molar-refractivity contribution < 1.29 is 24.1 Å². The topological polar surface area (TPSA) is 49.8 Å². The molecule has 4 aromatic heterocycles. The predicted octanol–water partition coefficient (Wildman–Crippen LogP) is 14.1. The number of fused-ring (bicyclic) bond motifs is 4. The Morgan fingerprint density at radius 3 is 1.81 bits per heavy atom. The van der Waals surface area contributed by atoms with Crippen molar-refractivity contribution in [3.05, 3.63) is 216 Å². The summed E-state index contributed by atoms with van der Waals surface area (Å²) in [7, 11) is 0. The molecule has 0 N–H and O–H groups in total. The van der Waals surface area contributed by atoms with Gasteiger partial charge < -0.3 is 0 Å². The van der Waals surface area contributed by atoms with Crippen LogP contribution in [0.4, 0.5) is 0 Å². The Morgan fingerprint density at radius 2 is 1.16 bits per heavy atom. The Morgan fingerprint density at radius 1 is 0.516 bits per heavy atom. The molecule has 312 valence electrons. The summed E-state index contributed by atoms with van der Waals surface area (Å²) in [5.41, 5.74) is 13.7. The number of nitrogens with zero attached hydrogens (tertiary/aromatic N) is 5. The van der Waals surface area contributed by atoms with Crippen LogP contribution in [-0.2, 0) is 24.8 Å². The second-order valence-corrected chi connectivity index (χ2v) is 17.9. The van der Waals surface area contributed by atoms with Gasteiger partial charge in [-0.1, -0.05) is 12.1 Å². The average molecular weight is 1010 g/mol. The van der Waals surface area contributed by atoms with Crippen molar-refractivity contribution in [1.29, 1.82) is 0 Å². The fourth-order valence-corrected chi connectivity index (χ4v) is 9.78. The predicted molar refractivity (Wildman–Crippen MR) is 255 cm³/mol. The summed E-state index contributed by atoms with van der Waals surface area (Å²) < 4.78 is 14.8. The van der Waals surface area contributed by atoms with Crippen LogP contribution in [0.15, 0.2) is 195 Å². The fourth-order valence-electron chi connectivity index (χ4n) is 8.70. The number of imidazole rings is 1. The van der Waals surface area contributed by atoms with Gasteiger partial charge >= 0.3 is 320 Å². The third kappa shape index (κ3) is 7.01. The molecule has 0 amide bonds. The van der Waals surface area contributed by atoms with Crippen molar-refractivity contribution in [2.24, 2.45) is 0 Å². The molecule has 0 radical (unpaired) electrons. The molecule has 64 heavy (non-hydrogen) atoms. The van der Waals surface area contributed by atoms with E-state index in [9.17, 15) is 0 Å². The first-order valence-electron chi connectivity index (χ1n) is 21.3. The number of aromatic nitrogens is 5. The molecular weight excluding hydrogens is 966 g/mol. The van der Waals surface area contributed by atoms with E-state index in [1.807, 2.05) is 24.4 Å². The van der Waals surface area contributed by atoms with Crippen LogP contribution in [0, 0.1) is 15.9 Å². The van der Waals surface area contributed by atoms with Crippen LogP contribution >= 0.6 is 0 Å². The second-order valence-electron chi connectivity index (χ2n) is 16.9. The zero-order valence-corrected chi connectivity index (χ0v) is 37.7. The molecule has 0 spiro atoms. The molecule has 0 bridgehead atoms. The second kappa shape index (κ2) is 16.1. The van der Waals surface area contributed by atoms with Gasteiger partial charge in [-0.2, -0.15) is 0 Å². The molecular formula is C57H41N5OPt-2. The van der Waals surface area contributed by atoms with Gasteiger partial charge in [0.25, 0.3) is 0 Å². The number of benzene rings is 7. The first-order chi connectivity index (χ1) is 31.3. The van der Waals surface area contributed by atoms with Crippen molar-refractivity contribution in [1.82, 2.24) is 23.7 Å². The first kappa shape index (κ1) is 39.4. The zero-order chi connectivity index (χ0) is 43.4. The van der Waals surface area contributed by atoms with Gasteiger partial charge in [0.15, 0.2) is 0 Å². The number of hydrogen-bond donors (Lipinski definition) is 0. The SMILES string of the molecule is CC(C)(C)c1cc(Oc2[c-]c3c(cc2)c2ccccc2n3-c2ccc(-c3ccncc3)cn2)[c-]c(-n2[c](=[Pt])n(-c3c(-c4ccccc4)cccc3-c3ccccc3)c3ccccc32)c1. The number of rotatable bonds is 8. The van der Waals surface area contributed by atoms with Gasteiger partial charge in [0.2, 0.25) is 0 Å². The molecule has 11 aromatic rings. The maximum absolute atomic E-state index is 6.87. The molecule has 0 fully saturated rings. The zero-order valence-electron chi connectivity index (χ0n) is 35.4. The Hall–Kier alpha value is -7.40. The Bertz CT molecular complexity index is 3510. The summed E-state index contributed by atoms with van der Waals surface area (Å²) in [6.45, 7) is 6.71. The van der Waals surface area contributed by atoms with Crippen LogP contribution in [0.1, 0.15) is 26.3 Å². The molecule has 0 aliphatic carbocycles. The van der Waals surface area contributed by atoms with E-state index >= 15 is 0 Å². The maximum atomic E-state index is 6.87. The molecule has 7 aromatic carbocycles. The molecule has 0 aliphatic heterocycles. The normalized spacial score (nSPS) is 11.8. The summed E-state index contributed by atoms with van der Waals surface area (Å²) in [5, 5.41) is 2.19. The van der Waals surface area contributed by atoms with Crippen LogP contribution in [0.3, 0.4) is 0 Å². The third-order valence-corrected chi connectivity index (χ3v) is 12.9. The van der Waals surface area contributed by atoms with Gasteiger partial charge in [0, 0.05) is 24.2 Å². The quantitative estimate of drug-likeness (QED) is 0.143. The van der Waals surface area contributed by atoms with Gasteiger partial charge in [-0.3, -0.25) is 4.98 Å². The molecule has 0 saturated heterocycles. The van der Waals surface area contributed by atoms with Gasteiger partial charge in [-0.05, 0) is 23.8 Å². The average Bonchev–Trinajstić information content (AvgIpc) is 3.82. The van der Waals surface area contributed by atoms with Gasteiger partial charge in [-0.15, -0.1) is 0 Å². The Kier molecular flexibility index (Phi) is 9.90. The number of pyridine rings is 2. The van der Waals surface area contributed by atoms with E-state index in [-0.39, 0.29) is 5.41 Å². The van der Waals surface area contributed by atoms with Crippen LogP contribution in [0.25, 0.3) is 83.4 Å². The molecule has 0 saturated carbocycles. The summed E-state index contributed by atoms with van der Waals surface area (Å²) in [5.74, 6) is 1.99. The third-order valence-electron chi connectivity index (χ3n) is 11.8. The molecule has 0 unspecified atom stereocenters. The van der Waals surface area contributed by atoms with Gasteiger partial charge in [0.1, 0.15) is 0 Å². The van der Waals surface area contributed by atoms with Crippen molar-refractivity contribution in [3.63, 3.8) is 0 Å². The molecule has 4 heterocycles. The van der Waals surface area contributed by atoms with Crippen LogP contribution in [0.5, 0.6) is 11.5 Å². The van der Waals surface area contributed by atoms with E-state index in [2.05, 4.69) is 229 Å². The molecule has 11 rings (SSSR count). The van der Waals surface area contributed by atoms with Crippen molar-refractivity contribution >= 4 is 32.8 Å². The van der Waals surface area contributed by atoms with Gasteiger partial charge in [0.05, 0.1) is 0 Å². The minimum absolute atomic E-state index is 0.193. The first-order valence-corrected chi connectivity index (χ1v) is 22.4. The Labute approximate surface area is 382 Å². The summed E-state index contributed by atoms with van der Waals surface area (Å²) in [6, 6.07) is 69.0. The van der Waals surface area contributed by atoms with E-state index in [0.29, 0.717) is 11.5 Å². The Balaban J connectivity index is 1.07. The fraction of sp³-hybridized carbons (Fsp3) is 0.0702. The number of hydrogen-bond acceptors (Lipinski definition) is 3. The standard InChI is InChI=1S/C57H41N5O.Pt/c1-57(2,3)43-33-44(60-38-61(53-24-13-12-23-52(53)60)56-47(40-15-6-4-7-16-40)20-14-21-48(56)41-17-8-5-9-18-41)35-46(34-43)63-45-26-27-50-49-19-10-11-22-51(49)62(54(50)36-45)55-28-25-42(37-59-55)39-29-31-58-32-30-39;/h4-34,37H,1-3H3;/q-2;.